The molecular formula is C17H25F3N2O. The van der Waals surface area contributed by atoms with E-state index in [0.29, 0.717) is 37.9 Å². The number of rotatable bonds is 7. The van der Waals surface area contributed by atoms with Crippen molar-refractivity contribution in [2.24, 2.45) is 0 Å². The van der Waals surface area contributed by atoms with Gasteiger partial charge in [-0.25, -0.2) is 0 Å². The van der Waals surface area contributed by atoms with Gasteiger partial charge in [-0.3, -0.25) is 4.90 Å². The molecule has 1 aromatic rings. The first-order chi connectivity index (χ1) is 11.0. The van der Waals surface area contributed by atoms with Gasteiger partial charge in [0.25, 0.3) is 0 Å². The minimum Gasteiger partial charge on any atom is -0.380 e. The van der Waals surface area contributed by atoms with Gasteiger partial charge in [-0.1, -0.05) is 18.2 Å². The predicted molar refractivity (Wildman–Crippen MR) is 84.2 cm³/mol. The number of alkyl halides is 3. The van der Waals surface area contributed by atoms with Crippen LogP contribution in [0.15, 0.2) is 24.3 Å². The van der Waals surface area contributed by atoms with E-state index < -0.39 is 11.7 Å². The van der Waals surface area contributed by atoms with Crippen molar-refractivity contribution >= 4 is 0 Å². The van der Waals surface area contributed by atoms with Gasteiger partial charge in [-0.05, 0) is 44.5 Å². The molecule has 130 valence electrons. The molecule has 23 heavy (non-hydrogen) atoms. The van der Waals surface area contributed by atoms with Crippen molar-refractivity contribution in [3.8, 4) is 0 Å². The Labute approximate surface area is 135 Å². The number of hydrogen-bond donors (Lipinski definition) is 1. The first-order valence-corrected chi connectivity index (χ1v) is 8.20. The summed E-state index contributed by atoms with van der Waals surface area (Å²) in [7, 11) is 0. The van der Waals surface area contributed by atoms with Crippen molar-refractivity contribution < 1.29 is 17.9 Å². The number of hydrogen-bond acceptors (Lipinski definition) is 3. The number of nitrogens with one attached hydrogen (secondary N) is 1. The van der Waals surface area contributed by atoms with Crippen LogP contribution in [0.4, 0.5) is 13.2 Å². The molecule has 0 spiro atoms. The van der Waals surface area contributed by atoms with Gasteiger partial charge < -0.3 is 10.1 Å². The van der Waals surface area contributed by atoms with Crippen molar-refractivity contribution in [1.29, 1.82) is 0 Å². The highest BCUT2D eigenvalue weighted by molar-refractivity contribution is 5.29. The van der Waals surface area contributed by atoms with Crippen molar-refractivity contribution in [3.63, 3.8) is 0 Å². The molecule has 1 N–H and O–H groups in total. The fraction of sp³-hybridized carbons (Fsp3) is 0.647. The minimum absolute atomic E-state index is 0.304. The fourth-order valence-corrected chi connectivity index (χ4v) is 3.04. The highest BCUT2D eigenvalue weighted by Crippen LogP contribution is 2.32. The number of piperidine rings is 1. The molecular weight excluding hydrogens is 305 g/mol. The number of halogens is 3. The number of benzene rings is 1. The Balaban J connectivity index is 2.13. The average molecular weight is 330 g/mol. The lowest BCUT2D eigenvalue weighted by atomic mass is 10.0. The average Bonchev–Trinajstić information content (AvgIpc) is 2.54. The molecule has 1 aromatic carbocycles. The molecule has 0 atom stereocenters. The first-order valence-electron chi connectivity index (χ1n) is 8.20. The summed E-state index contributed by atoms with van der Waals surface area (Å²) in [5, 5.41) is 3.30. The third kappa shape index (κ3) is 5.48. The van der Waals surface area contributed by atoms with Gasteiger partial charge in [0, 0.05) is 25.7 Å². The first kappa shape index (κ1) is 18.2. The van der Waals surface area contributed by atoms with Crippen molar-refractivity contribution in [2.75, 3.05) is 32.8 Å². The molecule has 0 amide bonds. The Kier molecular flexibility index (Phi) is 6.87. The summed E-state index contributed by atoms with van der Waals surface area (Å²) >= 11 is 0. The maximum Gasteiger partial charge on any atom is 0.416 e. The summed E-state index contributed by atoms with van der Waals surface area (Å²) in [4.78, 5) is 2.14. The van der Waals surface area contributed by atoms with Gasteiger partial charge in [-0.15, -0.1) is 0 Å². The zero-order valence-corrected chi connectivity index (χ0v) is 13.5. The topological polar surface area (TPSA) is 24.5 Å². The van der Waals surface area contributed by atoms with E-state index in [2.05, 4.69) is 10.2 Å². The highest BCUT2D eigenvalue weighted by Gasteiger charge is 2.33. The van der Waals surface area contributed by atoms with E-state index >= 15 is 0 Å². The third-order valence-corrected chi connectivity index (χ3v) is 4.25. The summed E-state index contributed by atoms with van der Waals surface area (Å²) in [5.74, 6) is 0. The molecule has 1 saturated heterocycles. The minimum atomic E-state index is -4.31. The van der Waals surface area contributed by atoms with Crippen LogP contribution in [0, 0.1) is 0 Å². The van der Waals surface area contributed by atoms with Crippen LogP contribution in [0.3, 0.4) is 0 Å². The van der Waals surface area contributed by atoms with E-state index in [1.54, 1.807) is 12.1 Å². The van der Waals surface area contributed by atoms with Crippen LogP contribution < -0.4 is 5.32 Å². The van der Waals surface area contributed by atoms with E-state index in [4.69, 9.17) is 4.74 Å². The normalized spacial score (nSPS) is 16.9. The van der Waals surface area contributed by atoms with Gasteiger partial charge in [0.1, 0.15) is 0 Å². The Bertz CT molecular complexity index is 473. The zero-order valence-electron chi connectivity index (χ0n) is 13.5. The molecule has 1 heterocycles. The molecule has 0 unspecified atom stereocenters. The molecule has 6 heteroatoms. The molecule has 0 aromatic heterocycles. The lowest BCUT2D eigenvalue weighted by molar-refractivity contribution is -0.138. The smallest absolute Gasteiger partial charge is 0.380 e. The molecule has 0 radical (unpaired) electrons. The highest BCUT2D eigenvalue weighted by atomic mass is 19.4. The fourth-order valence-electron chi connectivity index (χ4n) is 3.04. The Morgan fingerprint density at radius 3 is 2.57 bits per heavy atom. The summed E-state index contributed by atoms with van der Waals surface area (Å²) < 4.78 is 45.0. The van der Waals surface area contributed by atoms with Crippen LogP contribution in [0.5, 0.6) is 0 Å². The Morgan fingerprint density at radius 1 is 1.22 bits per heavy atom. The second-order valence-corrected chi connectivity index (χ2v) is 5.80. The molecule has 3 nitrogen and oxygen atoms in total. The maximum atomic E-state index is 13.2. The Hall–Kier alpha value is -1.11. The van der Waals surface area contributed by atoms with Gasteiger partial charge in [0.05, 0.1) is 12.2 Å². The second-order valence-electron chi connectivity index (χ2n) is 5.80. The van der Waals surface area contributed by atoms with E-state index in [1.807, 2.05) is 6.92 Å². The van der Waals surface area contributed by atoms with E-state index in [1.165, 1.54) is 12.1 Å². The molecule has 0 saturated carbocycles. The third-order valence-electron chi connectivity index (χ3n) is 4.25. The van der Waals surface area contributed by atoms with Crippen LogP contribution in [-0.2, 0) is 17.5 Å². The lowest BCUT2D eigenvalue weighted by Crippen LogP contribution is -2.44. The molecule has 1 aliphatic heterocycles. The maximum absolute atomic E-state index is 13.2. The van der Waals surface area contributed by atoms with Gasteiger partial charge in [0.2, 0.25) is 0 Å². The lowest BCUT2D eigenvalue weighted by Gasteiger charge is -2.35. The number of ether oxygens (including phenoxy) is 1. The molecule has 0 bridgehead atoms. The largest absolute Gasteiger partial charge is 0.416 e. The van der Waals surface area contributed by atoms with Gasteiger partial charge >= 0.3 is 6.18 Å². The Morgan fingerprint density at radius 2 is 1.91 bits per heavy atom. The van der Waals surface area contributed by atoms with E-state index in [9.17, 15) is 13.2 Å². The molecule has 2 rings (SSSR count). The zero-order chi connectivity index (χ0) is 16.7. The number of nitrogens with zero attached hydrogens (tertiary/aromatic N) is 1. The summed E-state index contributed by atoms with van der Waals surface area (Å²) in [6.45, 7) is 5.90. The van der Waals surface area contributed by atoms with Gasteiger partial charge in [-0.2, -0.15) is 13.2 Å². The second kappa shape index (κ2) is 8.66. The van der Waals surface area contributed by atoms with Crippen molar-refractivity contribution in [3.05, 3.63) is 35.4 Å². The summed E-state index contributed by atoms with van der Waals surface area (Å²) in [5.41, 5.74) is -0.189. The van der Waals surface area contributed by atoms with Gasteiger partial charge in [0.15, 0.2) is 0 Å². The monoisotopic (exact) mass is 330 g/mol. The van der Waals surface area contributed by atoms with Crippen LogP contribution in [0.2, 0.25) is 0 Å². The van der Waals surface area contributed by atoms with Crippen LogP contribution >= 0.6 is 0 Å². The quantitative estimate of drug-likeness (QED) is 0.777. The SMILES string of the molecule is CCOCCN(Cc1ccccc1C(F)(F)F)C1CCNCC1. The molecule has 1 aliphatic rings. The summed E-state index contributed by atoms with van der Waals surface area (Å²) in [6.07, 6.45) is -2.39. The molecule has 1 fully saturated rings. The van der Waals surface area contributed by atoms with Crippen molar-refractivity contribution in [1.82, 2.24) is 10.2 Å². The predicted octanol–water partition coefficient (Wildman–Crippen LogP) is 3.30. The standard InChI is InChI=1S/C17H25F3N2O/c1-2-23-12-11-22(15-7-9-21-10-8-15)13-14-5-3-4-6-16(14)17(18,19)20/h3-6,15,21H,2,7-13H2,1H3. The summed E-state index contributed by atoms with van der Waals surface area (Å²) in [6, 6.07) is 6.17. The van der Waals surface area contributed by atoms with Crippen molar-refractivity contribution in [2.45, 2.75) is 38.5 Å². The van der Waals surface area contributed by atoms with Crippen LogP contribution in [0.25, 0.3) is 0 Å². The van der Waals surface area contributed by atoms with E-state index in [-0.39, 0.29) is 0 Å². The van der Waals surface area contributed by atoms with Crippen LogP contribution in [-0.4, -0.2) is 43.8 Å². The van der Waals surface area contributed by atoms with Crippen LogP contribution in [0.1, 0.15) is 30.9 Å². The molecule has 0 aliphatic carbocycles. The van der Waals surface area contributed by atoms with E-state index in [0.717, 1.165) is 25.9 Å².